The van der Waals surface area contributed by atoms with Gasteiger partial charge in [-0.05, 0) is 44.7 Å². The first-order valence-electron chi connectivity index (χ1n) is 15.5. The zero-order valence-electron chi connectivity index (χ0n) is 25.5. The van der Waals surface area contributed by atoms with Crippen molar-refractivity contribution < 1.29 is 47.3 Å². The molecule has 3 amide bonds. The van der Waals surface area contributed by atoms with Crippen molar-refractivity contribution in [2.75, 3.05) is 26.4 Å². The third-order valence-electron chi connectivity index (χ3n) is 8.54. The first-order chi connectivity index (χ1) is 22.1. The van der Waals surface area contributed by atoms with Crippen LogP contribution in [0.2, 0.25) is 0 Å². The highest BCUT2D eigenvalue weighted by molar-refractivity contribution is 5.95. The lowest BCUT2D eigenvalue weighted by Crippen LogP contribution is -2.53. The predicted molar refractivity (Wildman–Crippen MR) is 160 cm³/mol. The summed E-state index contributed by atoms with van der Waals surface area (Å²) in [4.78, 5) is 57.7. The fraction of sp³-hybridized carbons (Fsp3) is 0.531. The van der Waals surface area contributed by atoms with E-state index in [4.69, 9.17) is 14.2 Å². The van der Waals surface area contributed by atoms with Crippen LogP contribution in [0.25, 0.3) is 10.9 Å². The molecule has 5 rings (SSSR count). The van der Waals surface area contributed by atoms with Gasteiger partial charge >= 0.3 is 12.1 Å². The molecule has 1 aromatic heterocycles. The number of rotatable bonds is 8. The summed E-state index contributed by atoms with van der Waals surface area (Å²) in [5.41, 5.74) is -1.44. The van der Waals surface area contributed by atoms with Crippen molar-refractivity contribution in [1.29, 1.82) is 0 Å². The van der Waals surface area contributed by atoms with Gasteiger partial charge in [0.2, 0.25) is 17.7 Å². The second-order valence-corrected chi connectivity index (χ2v) is 11.7. The van der Waals surface area contributed by atoms with Gasteiger partial charge < -0.3 is 34.9 Å². The number of halogens is 2. The molecule has 0 unspecified atom stereocenters. The Morgan fingerprint density at radius 2 is 2.09 bits per heavy atom. The van der Waals surface area contributed by atoms with E-state index in [0.29, 0.717) is 31.1 Å². The third-order valence-corrected chi connectivity index (χ3v) is 8.54. The number of alkyl carbamates (subject to hydrolysis) is 1. The number of carboxylic acids is 1. The molecule has 14 heteroatoms. The van der Waals surface area contributed by atoms with Crippen LogP contribution in [0.3, 0.4) is 0 Å². The van der Waals surface area contributed by atoms with E-state index in [2.05, 4.69) is 15.6 Å². The quantitative estimate of drug-likeness (QED) is 0.365. The Labute approximate surface area is 264 Å². The lowest BCUT2D eigenvalue weighted by molar-refractivity contribution is -0.145. The number of pyridine rings is 1. The number of aliphatic carboxylic acids is 1. The molecule has 1 saturated heterocycles. The van der Waals surface area contributed by atoms with E-state index in [1.165, 1.54) is 23.1 Å². The number of para-hydroxylation sites is 1. The minimum absolute atomic E-state index is 0.0213. The highest BCUT2D eigenvalue weighted by Gasteiger charge is 2.61. The van der Waals surface area contributed by atoms with E-state index in [0.717, 1.165) is 0 Å². The number of ether oxygens (including phenoxy) is 3. The fourth-order valence-corrected chi connectivity index (χ4v) is 6.14. The smallest absolute Gasteiger partial charge is 0.407 e. The maximum absolute atomic E-state index is 14.7. The van der Waals surface area contributed by atoms with E-state index in [9.17, 15) is 33.1 Å². The Morgan fingerprint density at radius 3 is 2.85 bits per heavy atom. The highest BCUT2D eigenvalue weighted by atomic mass is 19.1. The van der Waals surface area contributed by atoms with Gasteiger partial charge in [-0.3, -0.25) is 9.59 Å². The fourth-order valence-electron chi connectivity index (χ4n) is 6.14. The number of benzene rings is 1. The molecule has 3 aliphatic rings. The average molecular weight is 645 g/mol. The molecule has 0 radical (unpaired) electrons. The summed E-state index contributed by atoms with van der Waals surface area (Å²) in [5, 5.41) is 15.8. The molecule has 1 saturated carbocycles. The first-order valence-corrected chi connectivity index (χ1v) is 15.5. The average Bonchev–Trinajstić information content (AvgIpc) is 3.55. The molecule has 3 N–H and O–H groups in total. The SMILES string of the molecule is CCOc1cc(O[C@@H]2C[C@H]3C(=O)N[C@]4(C(=O)O)C[C@H]4/C=C\CCCC[C@H](NC(=O)OCCF)CC(=O)N3C2)c2cccc(F)c2n1. The molecular weight excluding hydrogens is 606 g/mol. The van der Waals surface area contributed by atoms with Crippen molar-refractivity contribution in [1.82, 2.24) is 20.5 Å². The number of nitrogens with zero attached hydrogens (tertiary/aromatic N) is 2. The normalized spacial score (nSPS) is 27.3. The molecule has 2 fully saturated rings. The number of carboxylic acid groups (broad SMARTS) is 1. The Bertz CT molecular complexity index is 1510. The number of amides is 3. The standard InChI is InChI=1S/C32H38F2N4O8/c1-2-44-26-16-25(22-10-7-11-23(34)28(22)36-26)46-21-15-24-29(40)37-32(30(41)42)17-19(32)8-5-3-4-6-9-20(14-27(39)38(24)18-21)35-31(43)45-13-12-33/h5,7-8,10-11,16,19-21,24H,2-4,6,9,12-15,17-18H2,1H3,(H,35,43)(H,37,40)(H,41,42)/b8-5-/t19-,20+,21-,24+,32-/m1/s1. The number of nitrogens with one attached hydrogen (secondary N) is 2. The Hall–Kier alpha value is -4.49. The predicted octanol–water partition coefficient (Wildman–Crippen LogP) is 3.67. The number of fused-ring (bicyclic) bond motifs is 3. The summed E-state index contributed by atoms with van der Waals surface area (Å²) in [6, 6.07) is 4.20. The number of hydrogen-bond donors (Lipinski definition) is 3. The summed E-state index contributed by atoms with van der Waals surface area (Å²) in [6.45, 7) is 0.726. The molecule has 12 nitrogen and oxygen atoms in total. The van der Waals surface area contributed by atoms with Gasteiger partial charge in [-0.1, -0.05) is 24.6 Å². The van der Waals surface area contributed by atoms with Gasteiger partial charge in [0.15, 0.2) is 0 Å². The van der Waals surface area contributed by atoms with E-state index < -0.39 is 72.6 Å². The number of aromatic nitrogens is 1. The van der Waals surface area contributed by atoms with Crippen LogP contribution in [0.4, 0.5) is 13.6 Å². The monoisotopic (exact) mass is 644 g/mol. The Morgan fingerprint density at radius 1 is 1.26 bits per heavy atom. The van der Waals surface area contributed by atoms with Crippen LogP contribution in [0.15, 0.2) is 36.4 Å². The van der Waals surface area contributed by atoms with Gasteiger partial charge in [0.1, 0.15) is 48.0 Å². The molecule has 3 heterocycles. The highest BCUT2D eigenvalue weighted by Crippen LogP contribution is 2.45. The van der Waals surface area contributed by atoms with Crippen LogP contribution in [0, 0.1) is 11.7 Å². The van der Waals surface area contributed by atoms with E-state index >= 15 is 0 Å². The zero-order valence-corrected chi connectivity index (χ0v) is 25.5. The Balaban J connectivity index is 1.43. The number of allylic oxidation sites excluding steroid dienone is 1. The van der Waals surface area contributed by atoms with Gasteiger partial charge in [0, 0.05) is 36.3 Å². The summed E-state index contributed by atoms with van der Waals surface area (Å²) >= 11 is 0. The molecule has 2 aliphatic heterocycles. The number of carbonyl (C=O) groups excluding carboxylic acids is 3. The summed E-state index contributed by atoms with van der Waals surface area (Å²) in [5.74, 6) is -2.85. The second kappa shape index (κ2) is 14.3. The topological polar surface area (TPSA) is 156 Å². The van der Waals surface area contributed by atoms with Crippen molar-refractivity contribution in [2.45, 2.75) is 75.6 Å². The zero-order chi connectivity index (χ0) is 32.8. The maximum Gasteiger partial charge on any atom is 0.407 e. The van der Waals surface area contributed by atoms with Crippen molar-refractivity contribution in [3.63, 3.8) is 0 Å². The Kier molecular flexibility index (Phi) is 10.2. The molecule has 1 aliphatic carbocycles. The van der Waals surface area contributed by atoms with Crippen LogP contribution in [-0.2, 0) is 19.1 Å². The largest absolute Gasteiger partial charge is 0.488 e. The van der Waals surface area contributed by atoms with Crippen molar-refractivity contribution in [3.05, 3.63) is 42.2 Å². The van der Waals surface area contributed by atoms with Gasteiger partial charge in [0.05, 0.1) is 13.2 Å². The van der Waals surface area contributed by atoms with Gasteiger partial charge in [-0.2, -0.15) is 0 Å². The summed E-state index contributed by atoms with van der Waals surface area (Å²) in [6.07, 6.45) is 4.59. The third kappa shape index (κ3) is 7.31. The minimum Gasteiger partial charge on any atom is -0.488 e. The molecule has 248 valence electrons. The lowest BCUT2D eigenvalue weighted by atomic mass is 10.0. The van der Waals surface area contributed by atoms with Crippen LogP contribution in [0.1, 0.15) is 51.9 Å². The number of hydrogen-bond acceptors (Lipinski definition) is 8. The molecule has 46 heavy (non-hydrogen) atoms. The van der Waals surface area contributed by atoms with E-state index in [1.807, 2.05) is 6.08 Å². The van der Waals surface area contributed by atoms with Crippen LogP contribution in [0.5, 0.6) is 11.6 Å². The molecule has 5 atom stereocenters. The number of alkyl halides is 1. The minimum atomic E-state index is -1.48. The molecule has 0 spiro atoms. The van der Waals surface area contributed by atoms with Gasteiger partial charge in [-0.25, -0.2) is 23.4 Å². The van der Waals surface area contributed by atoms with Crippen LogP contribution in [-0.4, -0.2) is 89.0 Å². The number of carbonyl (C=O) groups is 4. The first kappa shape index (κ1) is 32.9. The molecular formula is C32H38F2N4O8. The van der Waals surface area contributed by atoms with Crippen molar-refractivity contribution >= 4 is 34.8 Å². The molecule has 2 aromatic rings. The van der Waals surface area contributed by atoms with E-state index in [-0.39, 0.29) is 49.6 Å². The van der Waals surface area contributed by atoms with Crippen molar-refractivity contribution in [2.24, 2.45) is 5.92 Å². The summed E-state index contributed by atoms with van der Waals surface area (Å²) < 4.78 is 43.9. The van der Waals surface area contributed by atoms with Crippen molar-refractivity contribution in [3.8, 4) is 11.6 Å². The van der Waals surface area contributed by atoms with Crippen LogP contribution < -0.4 is 20.1 Å². The lowest BCUT2D eigenvalue weighted by Gasteiger charge is -2.27. The van der Waals surface area contributed by atoms with E-state index in [1.54, 1.807) is 19.1 Å². The van der Waals surface area contributed by atoms with Gasteiger partial charge in [-0.15, -0.1) is 0 Å². The van der Waals surface area contributed by atoms with Crippen LogP contribution >= 0.6 is 0 Å². The maximum atomic E-state index is 14.7. The molecule has 0 bridgehead atoms. The molecule has 1 aromatic carbocycles. The second-order valence-electron chi connectivity index (χ2n) is 11.7. The summed E-state index contributed by atoms with van der Waals surface area (Å²) in [7, 11) is 0. The van der Waals surface area contributed by atoms with Gasteiger partial charge in [0.25, 0.3) is 0 Å².